The van der Waals surface area contributed by atoms with Gasteiger partial charge >= 0.3 is 25.6 Å². The van der Waals surface area contributed by atoms with Gasteiger partial charge in [-0.1, -0.05) is 18.2 Å². The van der Waals surface area contributed by atoms with Crippen molar-refractivity contribution >= 4 is 19.9 Å². The SMILES string of the molecule is C[C@H](N[P@@](=O)(OC[C@H]1O[C@@H](n2ccc(=O)[nH]c2=O)[C@](C)(F)[C@@H]1OC(=O)OC(C)(C)C)Oc1ccccc1)C(=O)O. The molecule has 14 nitrogen and oxygen atoms in total. The van der Waals surface area contributed by atoms with E-state index in [-0.39, 0.29) is 5.75 Å². The summed E-state index contributed by atoms with van der Waals surface area (Å²) in [5, 5.41) is 11.6. The first-order valence-electron chi connectivity index (χ1n) is 12.1. The molecular weight excluding hydrogens is 556 g/mol. The van der Waals surface area contributed by atoms with Crippen LogP contribution in [0.15, 0.2) is 52.2 Å². The zero-order valence-electron chi connectivity index (χ0n) is 22.4. The molecule has 1 aliphatic rings. The molecule has 0 saturated carbocycles. The van der Waals surface area contributed by atoms with Crippen molar-refractivity contribution in [1.29, 1.82) is 0 Å². The Bertz CT molecular complexity index is 1370. The Morgan fingerprint density at radius 2 is 1.90 bits per heavy atom. The van der Waals surface area contributed by atoms with Gasteiger partial charge in [-0.2, -0.15) is 5.09 Å². The predicted molar refractivity (Wildman–Crippen MR) is 137 cm³/mol. The molecule has 2 aromatic rings. The van der Waals surface area contributed by atoms with E-state index in [0.29, 0.717) is 0 Å². The van der Waals surface area contributed by atoms with Gasteiger partial charge in [-0.25, -0.2) is 18.5 Å². The average Bonchev–Trinajstić information content (AvgIpc) is 3.06. The van der Waals surface area contributed by atoms with E-state index in [0.717, 1.165) is 23.8 Å². The number of carboxylic acid groups (broad SMARTS) is 1. The second kappa shape index (κ2) is 11.9. The van der Waals surface area contributed by atoms with Crippen LogP contribution in [0.4, 0.5) is 9.18 Å². The molecule has 1 saturated heterocycles. The molecule has 1 aromatic carbocycles. The lowest BCUT2D eigenvalue weighted by atomic mass is 9.98. The fourth-order valence-corrected chi connectivity index (χ4v) is 5.20. The minimum Gasteiger partial charge on any atom is -0.480 e. The summed E-state index contributed by atoms with van der Waals surface area (Å²) in [6.07, 6.45) is -5.30. The number of carbonyl (C=O) groups is 2. The van der Waals surface area contributed by atoms with Gasteiger partial charge in [0.15, 0.2) is 18.0 Å². The molecule has 3 rings (SSSR count). The van der Waals surface area contributed by atoms with Crippen molar-refractivity contribution < 1.29 is 46.9 Å². The van der Waals surface area contributed by atoms with Gasteiger partial charge in [0.1, 0.15) is 23.5 Å². The summed E-state index contributed by atoms with van der Waals surface area (Å²) in [7, 11) is -4.47. The summed E-state index contributed by atoms with van der Waals surface area (Å²) in [5.41, 5.74) is -5.35. The zero-order chi connectivity index (χ0) is 29.9. The van der Waals surface area contributed by atoms with Gasteiger partial charge in [0.05, 0.1) is 6.61 Å². The van der Waals surface area contributed by atoms with Gasteiger partial charge < -0.3 is 23.8 Å². The van der Waals surface area contributed by atoms with E-state index in [2.05, 4.69) is 5.09 Å². The summed E-state index contributed by atoms with van der Waals surface area (Å²) in [4.78, 5) is 49.8. The van der Waals surface area contributed by atoms with E-state index < -0.39 is 73.5 Å². The number of nitrogens with zero attached hydrogens (tertiary/aromatic N) is 1. The van der Waals surface area contributed by atoms with E-state index >= 15 is 4.39 Å². The van der Waals surface area contributed by atoms with Crippen molar-refractivity contribution in [3.63, 3.8) is 0 Å². The highest BCUT2D eigenvalue weighted by Crippen LogP contribution is 2.48. The third kappa shape index (κ3) is 7.78. The smallest absolute Gasteiger partial charge is 0.480 e. The molecule has 16 heteroatoms. The number of alkyl halides is 1. The van der Waals surface area contributed by atoms with Crippen molar-refractivity contribution in [2.45, 2.75) is 70.4 Å². The molecule has 1 aliphatic heterocycles. The molecule has 0 spiro atoms. The van der Waals surface area contributed by atoms with Crippen molar-refractivity contribution in [1.82, 2.24) is 14.6 Å². The fraction of sp³-hybridized carbons (Fsp3) is 0.500. The van der Waals surface area contributed by atoms with Crippen LogP contribution >= 0.6 is 7.75 Å². The number of halogens is 1. The molecule has 0 bridgehead atoms. The number of aromatic amines is 1. The van der Waals surface area contributed by atoms with E-state index in [1.807, 2.05) is 4.98 Å². The van der Waals surface area contributed by atoms with Crippen LogP contribution in [-0.4, -0.2) is 62.9 Å². The van der Waals surface area contributed by atoms with Gasteiger partial charge in [0, 0.05) is 12.3 Å². The number of carbonyl (C=O) groups excluding carboxylic acids is 1. The summed E-state index contributed by atoms with van der Waals surface area (Å²) in [6, 6.07) is 7.28. The van der Waals surface area contributed by atoms with Crippen LogP contribution in [0.1, 0.15) is 40.8 Å². The second-order valence-electron chi connectivity index (χ2n) is 10.1. The van der Waals surface area contributed by atoms with Crippen LogP contribution in [0.5, 0.6) is 5.75 Å². The Morgan fingerprint density at radius 1 is 1.25 bits per heavy atom. The number of hydrogen-bond acceptors (Lipinski definition) is 10. The van der Waals surface area contributed by atoms with Crippen molar-refractivity contribution in [3.05, 3.63) is 63.4 Å². The number of rotatable bonds is 10. The number of hydrogen-bond donors (Lipinski definition) is 3. The van der Waals surface area contributed by atoms with Gasteiger partial charge in [-0.05, 0) is 46.8 Å². The highest BCUT2D eigenvalue weighted by Gasteiger charge is 2.59. The largest absolute Gasteiger partial charge is 0.509 e. The minimum atomic E-state index is -4.47. The Hall–Kier alpha value is -3.52. The molecule has 6 atom stereocenters. The van der Waals surface area contributed by atoms with Gasteiger partial charge in [0.25, 0.3) is 5.56 Å². The van der Waals surface area contributed by atoms with E-state index in [9.17, 15) is 28.8 Å². The lowest BCUT2D eigenvalue weighted by molar-refractivity contribution is -0.138. The Labute approximate surface area is 227 Å². The topological polar surface area (TPSA) is 184 Å². The highest BCUT2D eigenvalue weighted by atomic mass is 31.2. The predicted octanol–water partition coefficient (Wildman–Crippen LogP) is 2.75. The fourth-order valence-electron chi connectivity index (χ4n) is 3.69. The number of aliphatic carboxylic acids is 1. The number of carboxylic acids is 1. The third-order valence-electron chi connectivity index (χ3n) is 5.50. The monoisotopic (exact) mass is 587 g/mol. The lowest BCUT2D eigenvalue weighted by Crippen LogP contribution is -2.46. The molecule has 1 fully saturated rings. The lowest BCUT2D eigenvalue weighted by Gasteiger charge is -2.29. The number of aromatic nitrogens is 2. The Balaban J connectivity index is 1.93. The number of para-hydroxylation sites is 1. The van der Waals surface area contributed by atoms with Gasteiger partial charge in [-0.3, -0.25) is 23.7 Å². The number of nitrogens with one attached hydrogen (secondary N) is 2. The molecule has 0 aliphatic carbocycles. The Kier molecular flexibility index (Phi) is 9.24. The molecule has 0 radical (unpaired) electrons. The van der Waals surface area contributed by atoms with Crippen molar-refractivity contribution in [2.24, 2.45) is 0 Å². The number of benzene rings is 1. The highest BCUT2D eigenvalue weighted by molar-refractivity contribution is 7.52. The van der Waals surface area contributed by atoms with Crippen LogP contribution in [0.25, 0.3) is 0 Å². The molecule has 220 valence electrons. The van der Waals surface area contributed by atoms with Crippen molar-refractivity contribution in [2.75, 3.05) is 6.61 Å². The third-order valence-corrected chi connectivity index (χ3v) is 7.14. The zero-order valence-corrected chi connectivity index (χ0v) is 23.3. The number of H-pyrrole nitrogens is 1. The summed E-state index contributed by atoms with van der Waals surface area (Å²) in [5.74, 6) is -1.30. The van der Waals surface area contributed by atoms with Crippen molar-refractivity contribution in [3.8, 4) is 5.75 Å². The molecule has 0 unspecified atom stereocenters. The summed E-state index contributed by atoms with van der Waals surface area (Å²) < 4.78 is 57.6. The second-order valence-corrected chi connectivity index (χ2v) is 11.8. The maximum atomic E-state index is 16.3. The van der Waals surface area contributed by atoms with Gasteiger partial charge in [-0.15, -0.1) is 0 Å². The maximum absolute atomic E-state index is 16.3. The first-order chi connectivity index (χ1) is 18.5. The average molecular weight is 587 g/mol. The molecule has 0 amide bonds. The maximum Gasteiger partial charge on any atom is 0.509 e. The summed E-state index contributed by atoms with van der Waals surface area (Å²) >= 11 is 0. The quantitative estimate of drug-likeness (QED) is 0.273. The molecule has 2 heterocycles. The summed E-state index contributed by atoms with van der Waals surface area (Å²) in [6.45, 7) is 6.11. The molecule has 1 aromatic heterocycles. The first kappa shape index (κ1) is 31.0. The minimum absolute atomic E-state index is 0.0674. The van der Waals surface area contributed by atoms with Crippen LogP contribution < -0.4 is 20.9 Å². The number of ether oxygens (including phenoxy) is 3. The van der Waals surface area contributed by atoms with Gasteiger partial charge in [0.2, 0.25) is 0 Å². The molecule has 40 heavy (non-hydrogen) atoms. The standard InChI is InChI=1S/C24H31FN3O11P/c1-14(19(30)31)27-40(34,39-15-9-7-6-8-10-15)35-13-16-18(37-22(33)38-23(2,3)4)24(5,25)20(36-16)28-12-11-17(29)26-21(28)32/h6-12,14,16,18,20H,13H2,1-5H3,(H,27,34)(H,30,31)(H,26,29,32)/t14-,16+,18+,20+,24+,40+/m0/s1. The molecular formula is C24H31FN3O11P. The van der Waals surface area contributed by atoms with E-state index in [1.165, 1.54) is 19.1 Å². The molecule has 3 N–H and O–H groups in total. The Morgan fingerprint density at radius 3 is 2.48 bits per heavy atom. The van der Waals surface area contributed by atoms with Crippen LogP contribution in [0.3, 0.4) is 0 Å². The van der Waals surface area contributed by atoms with Crippen LogP contribution in [0.2, 0.25) is 0 Å². The normalized spacial score (nSPS) is 25.0. The van der Waals surface area contributed by atoms with Crippen LogP contribution in [-0.2, 0) is 28.1 Å². The first-order valence-corrected chi connectivity index (χ1v) is 13.6. The van der Waals surface area contributed by atoms with E-state index in [4.69, 9.17) is 23.3 Å². The van der Waals surface area contributed by atoms with Crippen LogP contribution in [0, 0.1) is 0 Å². The van der Waals surface area contributed by atoms with E-state index in [1.54, 1.807) is 39.0 Å².